The predicted octanol–water partition coefficient (Wildman–Crippen LogP) is -0.977. The minimum absolute atomic E-state index is 0. The molecule has 0 aromatic heterocycles. The molecular formula is C18H16F3N2NaO2. The van der Waals surface area contributed by atoms with Crippen molar-refractivity contribution < 1.29 is 52.6 Å². The molecule has 26 heavy (non-hydrogen) atoms. The molecule has 2 aromatic carbocycles. The van der Waals surface area contributed by atoms with Gasteiger partial charge in [0.25, 0.3) is 0 Å². The number of carboxylic acid groups (broad SMARTS) is 1. The van der Waals surface area contributed by atoms with Crippen molar-refractivity contribution in [1.82, 2.24) is 0 Å². The average molecular weight is 372 g/mol. The Labute approximate surface area is 171 Å². The second-order valence-electron chi connectivity index (χ2n) is 6.08. The van der Waals surface area contributed by atoms with Crippen LogP contribution < -0.4 is 45.3 Å². The third-order valence-corrected chi connectivity index (χ3v) is 4.26. The first-order valence-corrected chi connectivity index (χ1v) is 7.76. The van der Waals surface area contributed by atoms with Gasteiger partial charge in [0, 0.05) is 36.4 Å². The van der Waals surface area contributed by atoms with E-state index < -0.39 is 17.7 Å². The maximum Gasteiger partial charge on any atom is 1.00 e. The Morgan fingerprint density at radius 3 is 2.42 bits per heavy atom. The van der Waals surface area contributed by atoms with Gasteiger partial charge < -0.3 is 20.5 Å². The minimum Gasteiger partial charge on any atom is -0.550 e. The number of carbonyl (C=O) groups is 1. The maximum absolute atomic E-state index is 12.7. The zero-order chi connectivity index (χ0) is 18.2. The summed E-state index contributed by atoms with van der Waals surface area (Å²) in [6.07, 6.45) is -4.11. The molecule has 8 heteroatoms. The Hall–Kier alpha value is -1.54. The second kappa shape index (κ2) is 8.00. The van der Waals surface area contributed by atoms with E-state index in [0.717, 1.165) is 23.4 Å². The number of nitrogens with zero attached hydrogens (tertiary/aromatic N) is 1. The summed E-state index contributed by atoms with van der Waals surface area (Å²) in [4.78, 5) is 12.8. The Morgan fingerprint density at radius 1 is 1.19 bits per heavy atom. The van der Waals surface area contributed by atoms with Gasteiger partial charge in [0.15, 0.2) is 0 Å². The molecular weight excluding hydrogens is 356 g/mol. The van der Waals surface area contributed by atoms with Crippen molar-refractivity contribution in [3.05, 3.63) is 59.2 Å². The van der Waals surface area contributed by atoms with Crippen molar-refractivity contribution in [3.63, 3.8) is 0 Å². The van der Waals surface area contributed by atoms with Crippen LogP contribution in [0.25, 0.3) is 0 Å². The molecule has 3 rings (SSSR count). The van der Waals surface area contributed by atoms with Gasteiger partial charge >= 0.3 is 35.7 Å². The largest absolute Gasteiger partial charge is 1.00 e. The normalized spacial score (nSPS) is 16.6. The van der Waals surface area contributed by atoms with Gasteiger partial charge in [-0.05, 0) is 47.9 Å². The van der Waals surface area contributed by atoms with E-state index in [2.05, 4.69) is 0 Å². The molecule has 0 spiro atoms. The molecule has 2 N–H and O–H groups in total. The van der Waals surface area contributed by atoms with E-state index in [-0.39, 0.29) is 42.0 Å². The van der Waals surface area contributed by atoms with E-state index in [1.165, 1.54) is 12.1 Å². The number of alkyl halides is 3. The molecule has 4 nitrogen and oxygen atoms in total. The third-order valence-electron chi connectivity index (χ3n) is 4.26. The fraction of sp³-hybridized carbons (Fsp3) is 0.278. The van der Waals surface area contributed by atoms with Crippen LogP contribution in [0.2, 0.25) is 0 Å². The number of benzene rings is 2. The Morgan fingerprint density at radius 2 is 1.85 bits per heavy atom. The molecule has 132 valence electrons. The number of nitrogens with two attached hydrogens (primary N) is 1. The van der Waals surface area contributed by atoms with Crippen LogP contribution in [0.4, 0.5) is 24.5 Å². The van der Waals surface area contributed by atoms with Crippen LogP contribution in [0, 0.1) is 0 Å². The Balaban J connectivity index is 0.00000243. The molecule has 1 heterocycles. The molecule has 0 bridgehead atoms. The summed E-state index contributed by atoms with van der Waals surface area (Å²) in [5.41, 5.74) is 8.13. The summed E-state index contributed by atoms with van der Waals surface area (Å²) in [7, 11) is 0. The third kappa shape index (κ3) is 4.40. The zero-order valence-corrected chi connectivity index (χ0v) is 16.2. The predicted molar refractivity (Wildman–Crippen MR) is 85.3 cm³/mol. The van der Waals surface area contributed by atoms with Crippen LogP contribution in [0.3, 0.4) is 0 Å². The smallest absolute Gasteiger partial charge is 0.550 e. The van der Waals surface area contributed by atoms with Gasteiger partial charge in [0.2, 0.25) is 0 Å². The van der Waals surface area contributed by atoms with Gasteiger partial charge in [-0.15, -0.1) is 0 Å². The van der Waals surface area contributed by atoms with Gasteiger partial charge in [-0.1, -0.05) is 12.1 Å². The van der Waals surface area contributed by atoms with E-state index in [1.807, 2.05) is 11.0 Å². The first kappa shape index (κ1) is 20.8. The van der Waals surface area contributed by atoms with Crippen molar-refractivity contribution in [2.24, 2.45) is 5.73 Å². The molecule has 1 atom stereocenters. The fourth-order valence-electron chi connectivity index (χ4n) is 3.17. The van der Waals surface area contributed by atoms with Gasteiger partial charge in [-0.3, -0.25) is 0 Å². The molecule has 1 aliphatic heterocycles. The topological polar surface area (TPSA) is 69.4 Å². The number of fused-ring (bicyclic) bond motifs is 1. The second-order valence-corrected chi connectivity index (χ2v) is 6.08. The molecule has 0 fully saturated rings. The van der Waals surface area contributed by atoms with E-state index in [4.69, 9.17) is 5.73 Å². The maximum atomic E-state index is 12.7. The molecule has 0 saturated heterocycles. The Kier molecular flexibility index (Phi) is 6.39. The molecule has 1 aliphatic rings. The number of hydrogen-bond acceptors (Lipinski definition) is 4. The number of aliphatic carboxylic acids is 1. The van der Waals surface area contributed by atoms with Gasteiger partial charge in [0.05, 0.1) is 5.56 Å². The summed E-state index contributed by atoms with van der Waals surface area (Å²) < 4.78 is 38.2. The van der Waals surface area contributed by atoms with E-state index in [1.54, 1.807) is 12.1 Å². The number of carboxylic acids is 1. The van der Waals surface area contributed by atoms with Crippen molar-refractivity contribution in [2.45, 2.75) is 25.1 Å². The van der Waals surface area contributed by atoms with Crippen LogP contribution in [-0.4, -0.2) is 18.6 Å². The number of halogens is 3. The average Bonchev–Trinajstić information content (AvgIpc) is 2.54. The summed E-state index contributed by atoms with van der Waals surface area (Å²) in [6, 6.07) is 9.85. The molecule has 2 aromatic rings. The monoisotopic (exact) mass is 372 g/mol. The molecule has 0 amide bonds. The number of hydrogen-bond donors (Lipinski definition) is 1. The van der Waals surface area contributed by atoms with Crippen LogP contribution in [-0.2, 0) is 23.8 Å². The summed E-state index contributed by atoms with van der Waals surface area (Å²) in [5, 5.41) is 11.0. The van der Waals surface area contributed by atoms with Crippen LogP contribution >= 0.6 is 0 Å². The van der Waals surface area contributed by atoms with Crippen LogP contribution in [0.15, 0.2) is 42.5 Å². The van der Waals surface area contributed by atoms with Crippen LogP contribution in [0.1, 0.15) is 16.7 Å². The Bertz CT molecular complexity index is 794. The van der Waals surface area contributed by atoms with Crippen molar-refractivity contribution in [1.29, 1.82) is 0 Å². The molecule has 0 radical (unpaired) electrons. The van der Waals surface area contributed by atoms with Crippen molar-refractivity contribution in [3.8, 4) is 0 Å². The van der Waals surface area contributed by atoms with Gasteiger partial charge in [0.1, 0.15) is 0 Å². The molecule has 0 saturated carbocycles. The van der Waals surface area contributed by atoms with Crippen LogP contribution in [0.5, 0.6) is 0 Å². The summed E-state index contributed by atoms with van der Waals surface area (Å²) in [6.45, 7) is 0.438. The minimum atomic E-state index is -4.39. The number of anilines is 2. The quantitative estimate of drug-likeness (QED) is 0.704. The SMILES string of the molecule is NC1Cc2c(CC(=O)[O-])cccc2N(c2ccc(C(F)(F)F)cc2)C1.[Na+]. The number of carbonyl (C=O) groups excluding carboxylic acids is 1. The van der Waals surface area contributed by atoms with Crippen molar-refractivity contribution >= 4 is 17.3 Å². The number of rotatable bonds is 3. The summed E-state index contributed by atoms with van der Waals surface area (Å²) in [5.74, 6) is -1.19. The van der Waals surface area contributed by atoms with Crippen molar-refractivity contribution in [2.75, 3.05) is 11.4 Å². The molecule has 0 aliphatic carbocycles. The zero-order valence-electron chi connectivity index (χ0n) is 14.2. The standard InChI is InChI=1S/C18H17F3N2O2.Na/c19-18(20,21)12-4-6-14(7-5-12)23-10-13(22)9-15-11(8-17(24)25)2-1-3-16(15)23;/h1-7,13H,8-10,22H2,(H,24,25);/q;+1/p-1. The first-order valence-electron chi connectivity index (χ1n) is 7.76. The molecule has 1 unspecified atom stereocenters. The van der Waals surface area contributed by atoms with Gasteiger partial charge in [-0.25, -0.2) is 0 Å². The van der Waals surface area contributed by atoms with E-state index in [0.29, 0.717) is 24.2 Å². The van der Waals surface area contributed by atoms with E-state index in [9.17, 15) is 23.1 Å². The summed E-state index contributed by atoms with van der Waals surface area (Å²) >= 11 is 0. The van der Waals surface area contributed by atoms with E-state index >= 15 is 0 Å². The fourth-order valence-corrected chi connectivity index (χ4v) is 3.17. The first-order chi connectivity index (χ1) is 11.8. The van der Waals surface area contributed by atoms with Gasteiger partial charge in [-0.2, -0.15) is 13.2 Å².